The third kappa shape index (κ3) is 5.48. The Morgan fingerprint density at radius 3 is 1.54 bits per heavy atom. The second kappa shape index (κ2) is 13.3. The number of nitrogens with zero attached hydrogens (tertiary/aromatic N) is 2. The second-order valence-corrected chi connectivity index (χ2v) is 15.3. The molecular formula is C50H44N2. The Balaban J connectivity index is 1.20. The topological polar surface area (TPSA) is 25.8 Å². The van der Waals surface area contributed by atoms with Crippen LogP contribution in [0.25, 0.3) is 76.7 Å². The van der Waals surface area contributed by atoms with Crippen molar-refractivity contribution in [1.29, 1.82) is 0 Å². The van der Waals surface area contributed by atoms with Crippen molar-refractivity contribution >= 4 is 43.4 Å². The van der Waals surface area contributed by atoms with Gasteiger partial charge >= 0.3 is 0 Å². The summed E-state index contributed by atoms with van der Waals surface area (Å²) in [6.07, 6.45) is 12.8. The maximum Gasteiger partial charge on any atom is 0.0974 e. The predicted octanol–water partition coefficient (Wildman–Crippen LogP) is 14.2. The van der Waals surface area contributed by atoms with Crippen LogP contribution < -0.4 is 0 Å². The van der Waals surface area contributed by atoms with Crippen molar-refractivity contribution in [3.05, 3.63) is 145 Å². The van der Waals surface area contributed by atoms with Gasteiger partial charge in [0.25, 0.3) is 0 Å². The van der Waals surface area contributed by atoms with E-state index in [0.717, 1.165) is 11.0 Å². The normalized spacial score (nSPS) is 15.9. The Labute approximate surface area is 306 Å². The minimum atomic E-state index is 0.496. The van der Waals surface area contributed by atoms with Crippen LogP contribution in [0.15, 0.2) is 133 Å². The van der Waals surface area contributed by atoms with Gasteiger partial charge in [0.1, 0.15) is 0 Å². The summed E-state index contributed by atoms with van der Waals surface area (Å²) >= 11 is 0. The molecule has 0 bridgehead atoms. The number of hydrogen-bond acceptors (Lipinski definition) is 2. The molecule has 6 aromatic carbocycles. The van der Waals surface area contributed by atoms with Crippen LogP contribution in [0, 0.1) is 0 Å². The molecule has 2 nitrogen and oxygen atoms in total. The zero-order chi connectivity index (χ0) is 34.4. The lowest BCUT2D eigenvalue weighted by molar-refractivity contribution is 0.437. The summed E-state index contributed by atoms with van der Waals surface area (Å²) < 4.78 is 0. The Morgan fingerprint density at radius 2 is 0.885 bits per heavy atom. The highest BCUT2D eigenvalue weighted by molar-refractivity contribution is 6.21. The molecule has 2 aliphatic carbocycles. The summed E-state index contributed by atoms with van der Waals surface area (Å²) in [4.78, 5) is 11.0. The van der Waals surface area contributed by atoms with E-state index >= 15 is 0 Å². The minimum Gasteiger partial charge on any atom is -0.250 e. The molecule has 0 atom stereocenters. The van der Waals surface area contributed by atoms with Crippen LogP contribution in [0.3, 0.4) is 0 Å². The lowest BCUT2D eigenvalue weighted by Crippen LogP contribution is -2.08. The number of rotatable bonds is 5. The van der Waals surface area contributed by atoms with E-state index in [0.29, 0.717) is 11.8 Å². The molecular weight excluding hydrogens is 629 g/mol. The predicted molar refractivity (Wildman–Crippen MR) is 220 cm³/mol. The molecule has 8 aromatic rings. The second-order valence-electron chi connectivity index (χ2n) is 15.3. The van der Waals surface area contributed by atoms with Gasteiger partial charge in [-0.3, -0.25) is 9.97 Å². The Kier molecular flexibility index (Phi) is 8.05. The molecule has 2 heteroatoms. The van der Waals surface area contributed by atoms with Gasteiger partial charge in [0, 0.05) is 34.0 Å². The molecule has 52 heavy (non-hydrogen) atoms. The van der Waals surface area contributed by atoms with E-state index in [2.05, 4.69) is 133 Å². The van der Waals surface area contributed by atoms with Crippen molar-refractivity contribution in [2.24, 2.45) is 0 Å². The van der Waals surface area contributed by atoms with E-state index in [-0.39, 0.29) is 0 Å². The van der Waals surface area contributed by atoms with Crippen LogP contribution >= 0.6 is 0 Å². The maximum absolute atomic E-state index is 5.54. The summed E-state index contributed by atoms with van der Waals surface area (Å²) in [6.45, 7) is 0. The highest BCUT2D eigenvalue weighted by Crippen LogP contribution is 2.45. The largest absolute Gasteiger partial charge is 0.250 e. The molecule has 0 N–H and O–H groups in total. The summed E-state index contributed by atoms with van der Waals surface area (Å²) in [5, 5.41) is 7.53. The van der Waals surface area contributed by atoms with Gasteiger partial charge in [-0.1, -0.05) is 154 Å². The molecule has 0 radical (unpaired) electrons. The molecule has 2 aromatic heterocycles. The average Bonchev–Trinajstić information content (AvgIpc) is 3.23. The third-order valence-corrected chi connectivity index (χ3v) is 12.2. The van der Waals surface area contributed by atoms with E-state index in [1.807, 2.05) is 0 Å². The number of aromatic nitrogens is 2. The molecule has 10 rings (SSSR count). The van der Waals surface area contributed by atoms with Gasteiger partial charge in [0.05, 0.1) is 11.0 Å². The Hall–Kier alpha value is -5.34. The molecule has 254 valence electrons. The summed E-state index contributed by atoms with van der Waals surface area (Å²) in [6, 6.07) is 49.7. The quantitative estimate of drug-likeness (QED) is 0.134. The summed E-state index contributed by atoms with van der Waals surface area (Å²) in [5.74, 6) is 1.05. The third-order valence-electron chi connectivity index (χ3n) is 12.2. The molecule has 0 aliphatic heterocycles. The molecule has 2 fully saturated rings. The average molecular weight is 673 g/mol. The van der Waals surface area contributed by atoms with Gasteiger partial charge in [0.15, 0.2) is 0 Å². The molecule has 0 amide bonds. The number of hydrogen-bond donors (Lipinski definition) is 0. The van der Waals surface area contributed by atoms with E-state index in [4.69, 9.17) is 9.97 Å². The van der Waals surface area contributed by atoms with E-state index in [9.17, 15) is 0 Å². The van der Waals surface area contributed by atoms with Crippen molar-refractivity contribution < 1.29 is 0 Å². The number of benzene rings is 6. The first-order valence-corrected chi connectivity index (χ1v) is 19.6. The molecule has 0 unspecified atom stereocenters. The van der Waals surface area contributed by atoms with E-state index in [1.54, 1.807) is 0 Å². The first-order valence-electron chi connectivity index (χ1n) is 19.6. The maximum atomic E-state index is 5.54. The van der Waals surface area contributed by atoms with Crippen LogP contribution in [-0.2, 0) is 0 Å². The molecule has 0 saturated heterocycles. The van der Waals surface area contributed by atoms with E-state index in [1.165, 1.54) is 141 Å². The monoisotopic (exact) mass is 672 g/mol. The fourth-order valence-electron chi connectivity index (χ4n) is 9.58. The van der Waals surface area contributed by atoms with Gasteiger partial charge < -0.3 is 0 Å². The van der Waals surface area contributed by atoms with Crippen molar-refractivity contribution in [3.8, 4) is 33.4 Å². The van der Waals surface area contributed by atoms with Crippen molar-refractivity contribution in [2.45, 2.75) is 76.0 Å². The molecule has 2 aliphatic rings. The van der Waals surface area contributed by atoms with Gasteiger partial charge in [-0.25, -0.2) is 0 Å². The van der Waals surface area contributed by atoms with Crippen LogP contribution in [-0.4, -0.2) is 9.97 Å². The lowest BCUT2D eigenvalue weighted by Gasteiger charge is -2.23. The first-order chi connectivity index (χ1) is 25.8. The van der Waals surface area contributed by atoms with Crippen molar-refractivity contribution in [3.63, 3.8) is 0 Å². The summed E-state index contributed by atoms with van der Waals surface area (Å²) in [5.41, 5.74) is 12.2. The first kappa shape index (κ1) is 31.4. The van der Waals surface area contributed by atoms with Gasteiger partial charge in [-0.05, 0) is 98.8 Å². The molecule has 2 saturated carbocycles. The molecule has 2 heterocycles. The van der Waals surface area contributed by atoms with Crippen LogP contribution in [0.2, 0.25) is 0 Å². The summed E-state index contributed by atoms with van der Waals surface area (Å²) in [7, 11) is 0. The highest BCUT2D eigenvalue weighted by atomic mass is 14.8. The molecule has 0 spiro atoms. The van der Waals surface area contributed by atoms with Crippen LogP contribution in [0.1, 0.15) is 87.4 Å². The SMILES string of the molecule is c1ccc(-c2c3ccccc3c(-c3cccc(-c4cc(C5CCCCC5)nc5c4ccc4ccc(C6CCCCC6)nc45)c3)c3ccccc23)cc1. The Morgan fingerprint density at radius 1 is 0.365 bits per heavy atom. The zero-order valence-electron chi connectivity index (χ0n) is 29.8. The standard InChI is InChI=1S/C50H44N2/c1-4-15-33(16-5-1)45-30-28-36-27-29-43-44(32-46(34-17-6-2-7-18-34)52-50(43)49(36)51-45)37-21-14-22-38(31-37)48-41-25-12-10-23-39(41)47(35-19-8-3-9-20-35)40-24-11-13-26-42(40)48/h3,8-14,19-34H,1-2,4-7,15-18H2. The van der Waals surface area contributed by atoms with Gasteiger partial charge in [-0.2, -0.15) is 0 Å². The fraction of sp³-hybridized carbons (Fsp3) is 0.240. The van der Waals surface area contributed by atoms with Crippen molar-refractivity contribution in [1.82, 2.24) is 9.97 Å². The van der Waals surface area contributed by atoms with Crippen LogP contribution in [0.5, 0.6) is 0 Å². The van der Waals surface area contributed by atoms with Crippen molar-refractivity contribution in [2.75, 3.05) is 0 Å². The fourth-order valence-corrected chi connectivity index (χ4v) is 9.58. The highest BCUT2D eigenvalue weighted by Gasteiger charge is 2.23. The van der Waals surface area contributed by atoms with Crippen LogP contribution in [0.4, 0.5) is 0 Å². The number of fused-ring (bicyclic) bond motifs is 5. The number of pyridine rings is 2. The minimum absolute atomic E-state index is 0.496. The van der Waals surface area contributed by atoms with Gasteiger partial charge in [0.2, 0.25) is 0 Å². The zero-order valence-corrected chi connectivity index (χ0v) is 29.8. The van der Waals surface area contributed by atoms with Gasteiger partial charge in [-0.15, -0.1) is 0 Å². The smallest absolute Gasteiger partial charge is 0.0974 e. The van der Waals surface area contributed by atoms with E-state index < -0.39 is 0 Å². The Bertz CT molecular complexity index is 2530. The lowest BCUT2D eigenvalue weighted by atomic mass is 9.84.